The first kappa shape index (κ1) is 18.5. The lowest BCUT2D eigenvalue weighted by Gasteiger charge is -2.06. The van der Waals surface area contributed by atoms with Gasteiger partial charge in [0.25, 0.3) is 0 Å². The molecule has 0 atom stereocenters. The lowest BCUT2D eigenvalue weighted by atomic mass is 10.1. The number of nitrogens with zero attached hydrogens (tertiary/aromatic N) is 1. The number of aryl methyl sites for hydroxylation is 1. The molecule has 2 rings (SSSR count). The topological polar surface area (TPSA) is 54.0 Å². The molecule has 0 bridgehead atoms. The molecular weight excluding hydrogens is 310 g/mol. The van der Waals surface area contributed by atoms with E-state index >= 15 is 0 Å². The fraction of sp³-hybridized carbons (Fsp3) is 0.333. The summed E-state index contributed by atoms with van der Waals surface area (Å²) >= 11 is 0. The maximum absolute atomic E-state index is 11.8. The van der Waals surface area contributed by atoms with Crippen LogP contribution in [-0.4, -0.2) is 17.6 Å². The van der Waals surface area contributed by atoms with Crippen molar-refractivity contribution in [1.29, 1.82) is 0 Å². The van der Waals surface area contributed by atoms with Gasteiger partial charge in [0.1, 0.15) is 5.82 Å². The molecule has 0 aliphatic carbocycles. The monoisotopic (exact) mass is 335 g/mol. The van der Waals surface area contributed by atoms with E-state index in [2.05, 4.69) is 34.4 Å². The molecular formula is C21H25N3O. The van der Waals surface area contributed by atoms with E-state index < -0.39 is 0 Å². The van der Waals surface area contributed by atoms with Crippen molar-refractivity contribution in [3.63, 3.8) is 0 Å². The predicted octanol–water partition coefficient (Wildman–Crippen LogP) is 4.49. The van der Waals surface area contributed by atoms with Gasteiger partial charge in [-0.2, -0.15) is 0 Å². The summed E-state index contributed by atoms with van der Waals surface area (Å²) in [6.45, 7) is 4.90. The molecule has 0 saturated carbocycles. The minimum atomic E-state index is -0.220. The van der Waals surface area contributed by atoms with Crippen LogP contribution in [0.15, 0.2) is 42.6 Å². The summed E-state index contributed by atoms with van der Waals surface area (Å²) in [5.74, 6) is 6.70. The Labute approximate surface area is 150 Å². The summed E-state index contributed by atoms with van der Waals surface area (Å²) < 4.78 is 0. The van der Waals surface area contributed by atoms with Crippen LogP contribution in [0.2, 0.25) is 0 Å². The molecule has 0 saturated heterocycles. The second-order valence-electron chi connectivity index (χ2n) is 5.99. The molecule has 0 aliphatic rings. The molecule has 0 fully saturated rings. The number of rotatable bonds is 6. The number of hydrogen-bond donors (Lipinski definition) is 2. The SMILES string of the molecule is CCCCCCNC(=O)Nc1ccc(C#Cc2ccc(C)cc2)cn1. The van der Waals surface area contributed by atoms with Crippen molar-refractivity contribution >= 4 is 11.8 Å². The Hall–Kier alpha value is -2.80. The molecule has 130 valence electrons. The molecule has 2 aromatic rings. The second-order valence-corrected chi connectivity index (χ2v) is 5.99. The smallest absolute Gasteiger partial charge is 0.320 e. The lowest BCUT2D eigenvalue weighted by molar-refractivity contribution is 0.252. The highest BCUT2D eigenvalue weighted by Crippen LogP contribution is 2.05. The van der Waals surface area contributed by atoms with E-state index in [1.807, 2.05) is 37.3 Å². The number of nitrogens with one attached hydrogen (secondary N) is 2. The fourth-order valence-electron chi connectivity index (χ4n) is 2.24. The highest BCUT2D eigenvalue weighted by molar-refractivity contribution is 5.88. The summed E-state index contributed by atoms with van der Waals surface area (Å²) in [5, 5.41) is 5.57. The van der Waals surface area contributed by atoms with Crippen molar-refractivity contribution in [3.05, 3.63) is 59.3 Å². The van der Waals surface area contributed by atoms with Gasteiger partial charge in [0.2, 0.25) is 0 Å². The molecule has 0 unspecified atom stereocenters. The molecule has 1 heterocycles. The predicted molar refractivity (Wildman–Crippen MR) is 103 cm³/mol. The van der Waals surface area contributed by atoms with Gasteiger partial charge in [0.15, 0.2) is 0 Å². The quantitative estimate of drug-likeness (QED) is 0.603. The third-order valence-corrected chi connectivity index (χ3v) is 3.72. The maximum atomic E-state index is 11.8. The van der Waals surface area contributed by atoms with Crippen molar-refractivity contribution in [1.82, 2.24) is 10.3 Å². The van der Waals surface area contributed by atoms with Crippen molar-refractivity contribution in [2.45, 2.75) is 39.5 Å². The summed E-state index contributed by atoms with van der Waals surface area (Å²) in [5.41, 5.74) is 2.99. The first-order valence-corrected chi connectivity index (χ1v) is 8.77. The van der Waals surface area contributed by atoms with Crippen LogP contribution in [0, 0.1) is 18.8 Å². The van der Waals surface area contributed by atoms with Gasteiger partial charge in [-0.15, -0.1) is 0 Å². The van der Waals surface area contributed by atoms with Crippen molar-refractivity contribution < 1.29 is 4.79 Å². The number of aromatic nitrogens is 1. The number of carbonyl (C=O) groups is 1. The Morgan fingerprint density at radius 3 is 2.40 bits per heavy atom. The van der Waals surface area contributed by atoms with Crippen molar-refractivity contribution in [2.24, 2.45) is 0 Å². The van der Waals surface area contributed by atoms with Gasteiger partial charge in [0, 0.05) is 23.9 Å². The third-order valence-electron chi connectivity index (χ3n) is 3.72. The van der Waals surface area contributed by atoms with Crippen LogP contribution in [0.5, 0.6) is 0 Å². The largest absolute Gasteiger partial charge is 0.338 e. The number of unbranched alkanes of at least 4 members (excludes halogenated alkanes) is 3. The number of carbonyl (C=O) groups excluding carboxylic acids is 1. The van der Waals surface area contributed by atoms with Crippen molar-refractivity contribution in [3.8, 4) is 11.8 Å². The highest BCUT2D eigenvalue weighted by atomic mass is 16.2. The summed E-state index contributed by atoms with van der Waals surface area (Å²) in [7, 11) is 0. The lowest BCUT2D eigenvalue weighted by Crippen LogP contribution is -2.29. The van der Waals surface area contributed by atoms with Gasteiger partial charge >= 0.3 is 6.03 Å². The molecule has 2 N–H and O–H groups in total. The van der Waals surface area contributed by atoms with E-state index in [9.17, 15) is 4.79 Å². The second kappa shape index (κ2) is 10.1. The molecule has 4 nitrogen and oxygen atoms in total. The Morgan fingerprint density at radius 1 is 1.00 bits per heavy atom. The molecule has 1 aromatic heterocycles. The van der Waals surface area contributed by atoms with E-state index in [4.69, 9.17) is 0 Å². The zero-order valence-electron chi connectivity index (χ0n) is 14.9. The van der Waals surface area contributed by atoms with E-state index in [1.165, 1.54) is 18.4 Å². The zero-order chi connectivity index (χ0) is 17.9. The van der Waals surface area contributed by atoms with Gasteiger partial charge in [0.05, 0.1) is 0 Å². The summed E-state index contributed by atoms with van der Waals surface area (Å²) in [6, 6.07) is 11.5. The average molecular weight is 335 g/mol. The molecule has 25 heavy (non-hydrogen) atoms. The van der Waals surface area contributed by atoms with Gasteiger partial charge < -0.3 is 5.32 Å². The maximum Gasteiger partial charge on any atom is 0.320 e. The highest BCUT2D eigenvalue weighted by Gasteiger charge is 2.01. The van der Waals surface area contributed by atoms with E-state index in [0.717, 1.165) is 24.0 Å². The minimum absolute atomic E-state index is 0.220. The Kier molecular flexibility index (Phi) is 7.52. The number of urea groups is 1. The number of benzene rings is 1. The Bertz CT molecular complexity index is 724. The fourth-order valence-corrected chi connectivity index (χ4v) is 2.24. The minimum Gasteiger partial charge on any atom is -0.338 e. The molecule has 4 heteroatoms. The van der Waals surface area contributed by atoms with Crippen LogP contribution < -0.4 is 10.6 Å². The third kappa shape index (κ3) is 7.09. The van der Waals surface area contributed by atoms with Gasteiger partial charge in [-0.05, 0) is 37.6 Å². The van der Waals surface area contributed by atoms with Crippen LogP contribution in [0.25, 0.3) is 0 Å². The normalized spacial score (nSPS) is 9.84. The van der Waals surface area contributed by atoms with Crippen molar-refractivity contribution in [2.75, 3.05) is 11.9 Å². The van der Waals surface area contributed by atoms with Gasteiger partial charge in [-0.1, -0.05) is 55.7 Å². The van der Waals surface area contributed by atoms with E-state index in [1.54, 1.807) is 12.3 Å². The number of hydrogen-bond acceptors (Lipinski definition) is 2. The van der Waals surface area contributed by atoms with Crippen LogP contribution >= 0.6 is 0 Å². The first-order chi connectivity index (χ1) is 12.2. The molecule has 1 aromatic carbocycles. The Morgan fingerprint density at radius 2 is 1.72 bits per heavy atom. The van der Waals surface area contributed by atoms with Crippen LogP contribution in [0.3, 0.4) is 0 Å². The Balaban J connectivity index is 1.81. The number of amides is 2. The first-order valence-electron chi connectivity index (χ1n) is 8.77. The van der Waals surface area contributed by atoms with Gasteiger partial charge in [-0.3, -0.25) is 5.32 Å². The van der Waals surface area contributed by atoms with Crippen LogP contribution in [0.1, 0.15) is 49.3 Å². The van der Waals surface area contributed by atoms with Crippen LogP contribution in [-0.2, 0) is 0 Å². The van der Waals surface area contributed by atoms with Crippen LogP contribution in [0.4, 0.5) is 10.6 Å². The molecule has 2 amide bonds. The summed E-state index contributed by atoms with van der Waals surface area (Å²) in [6.07, 6.45) is 6.20. The summed E-state index contributed by atoms with van der Waals surface area (Å²) in [4.78, 5) is 16.0. The molecule has 0 radical (unpaired) electrons. The average Bonchev–Trinajstić information content (AvgIpc) is 2.62. The van der Waals surface area contributed by atoms with E-state index in [-0.39, 0.29) is 6.03 Å². The standard InChI is InChI=1S/C21H25N3O/c1-3-4-5-6-15-22-21(25)24-20-14-13-19(16-23-20)12-11-18-9-7-17(2)8-10-18/h7-10,13-14,16H,3-6,15H2,1-2H3,(H2,22,23,24,25). The molecule has 0 spiro atoms. The zero-order valence-corrected chi connectivity index (χ0v) is 14.9. The van der Waals surface area contributed by atoms with E-state index in [0.29, 0.717) is 12.4 Å². The molecule has 0 aliphatic heterocycles. The number of pyridine rings is 1. The number of anilines is 1. The van der Waals surface area contributed by atoms with Gasteiger partial charge in [-0.25, -0.2) is 9.78 Å².